The van der Waals surface area contributed by atoms with Crippen LogP contribution in [-0.4, -0.2) is 31.7 Å². The Hall–Kier alpha value is -2.18. The van der Waals surface area contributed by atoms with Crippen LogP contribution in [-0.2, 0) is 10.0 Å². The lowest BCUT2D eigenvalue weighted by Gasteiger charge is -2.29. The lowest BCUT2D eigenvalue weighted by Crippen LogP contribution is -2.37. The molecule has 0 aromatic heterocycles. The van der Waals surface area contributed by atoms with Crippen molar-refractivity contribution in [2.45, 2.75) is 31.6 Å². The fraction of sp³-hybridized carbons (Fsp3) is 0.350. The molecule has 3 rings (SSSR count). The number of aryl methyl sites for hydroxylation is 1. The molecule has 0 spiro atoms. The number of hydrogen-bond acceptors (Lipinski definition) is 3. The van der Waals surface area contributed by atoms with E-state index in [1.165, 1.54) is 0 Å². The number of carbonyl (C=O) groups is 1. The molecule has 0 atom stereocenters. The molecule has 0 bridgehead atoms. The summed E-state index contributed by atoms with van der Waals surface area (Å²) >= 11 is 0. The molecule has 1 N–H and O–H groups in total. The third-order valence-electron chi connectivity index (χ3n) is 4.81. The highest BCUT2D eigenvalue weighted by atomic mass is 32.2. The summed E-state index contributed by atoms with van der Waals surface area (Å²) in [5.74, 6) is 0.353. The number of nitrogens with zero attached hydrogens (tertiary/aromatic N) is 1. The Labute approximate surface area is 155 Å². The van der Waals surface area contributed by atoms with Gasteiger partial charge in [-0.1, -0.05) is 24.6 Å². The topological polar surface area (TPSA) is 66.5 Å². The van der Waals surface area contributed by atoms with Crippen molar-refractivity contribution in [1.82, 2.24) is 4.31 Å². The van der Waals surface area contributed by atoms with E-state index in [-0.39, 0.29) is 10.8 Å². The van der Waals surface area contributed by atoms with Gasteiger partial charge < -0.3 is 5.32 Å². The molecule has 6 heteroatoms. The van der Waals surface area contributed by atoms with Gasteiger partial charge in [-0.3, -0.25) is 4.79 Å². The van der Waals surface area contributed by atoms with Crippen LogP contribution in [0, 0.1) is 12.8 Å². The standard InChI is InChI=1S/C20H24N2O3S/c1-15-3-5-17(6-4-15)20(23)21-18-7-9-19(10-8-18)26(24,25)22-13-11-16(2)12-14-22/h3-10,16H,11-14H2,1-2H3,(H,21,23). The van der Waals surface area contributed by atoms with Gasteiger partial charge in [0.05, 0.1) is 4.90 Å². The second-order valence-corrected chi connectivity index (χ2v) is 8.87. The molecule has 1 aliphatic rings. The first-order valence-electron chi connectivity index (χ1n) is 8.84. The average molecular weight is 372 g/mol. The largest absolute Gasteiger partial charge is 0.322 e. The molecular formula is C20H24N2O3S. The highest BCUT2D eigenvalue weighted by Gasteiger charge is 2.27. The maximum Gasteiger partial charge on any atom is 0.255 e. The van der Waals surface area contributed by atoms with E-state index in [1.807, 2.05) is 19.1 Å². The number of rotatable bonds is 4. The maximum absolute atomic E-state index is 12.7. The van der Waals surface area contributed by atoms with Crippen molar-refractivity contribution in [3.8, 4) is 0 Å². The van der Waals surface area contributed by atoms with Crippen molar-refractivity contribution in [3.63, 3.8) is 0 Å². The number of amides is 1. The highest BCUT2D eigenvalue weighted by molar-refractivity contribution is 7.89. The minimum Gasteiger partial charge on any atom is -0.322 e. The highest BCUT2D eigenvalue weighted by Crippen LogP contribution is 2.24. The first kappa shape index (κ1) is 18.6. The molecule has 0 radical (unpaired) electrons. The van der Waals surface area contributed by atoms with E-state index in [2.05, 4.69) is 12.2 Å². The summed E-state index contributed by atoms with van der Waals surface area (Å²) in [5, 5.41) is 2.79. The van der Waals surface area contributed by atoms with Gasteiger partial charge in [0, 0.05) is 24.3 Å². The number of hydrogen-bond donors (Lipinski definition) is 1. The molecule has 0 unspecified atom stereocenters. The molecule has 0 saturated carbocycles. The molecule has 26 heavy (non-hydrogen) atoms. The molecule has 2 aromatic rings. The van der Waals surface area contributed by atoms with Crippen LogP contribution in [0.4, 0.5) is 5.69 Å². The Kier molecular flexibility index (Phi) is 5.44. The normalized spacial score (nSPS) is 16.4. The molecule has 5 nitrogen and oxygen atoms in total. The summed E-state index contributed by atoms with van der Waals surface area (Å²) in [6.45, 7) is 5.24. The van der Waals surface area contributed by atoms with Gasteiger partial charge in [0.2, 0.25) is 10.0 Å². The van der Waals surface area contributed by atoms with E-state index < -0.39 is 10.0 Å². The van der Waals surface area contributed by atoms with Gasteiger partial charge in [0.1, 0.15) is 0 Å². The van der Waals surface area contributed by atoms with E-state index in [0.717, 1.165) is 18.4 Å². The van der Waals surface area contributed by atoms with Crippen LogP contribution in [0.2, 0.25) is 0 Å². The van der Waals surface area contributed by atoms with Crippen LogP contribution in [0.15, 0.2) is 53.4 Å². The molecule has 138 valence electrons. The number of nitrogens with one attached hydrogen (secondary N) is 1. The smallest absolute Gasteiger partial charge is 0.255 e. The van der Waals surface area contributed by atoms with E-state index in [1.54, 1.807) is 40.7 Å². The van der Waals surface area contributed by atoms with Gasteiger partial charge in [0.15, 0.2) is 0 Å². The summed E-state index contributed by atoms with van der Waals surface area (Å²) < 4.78 is 27.0. The third kappa shape index (κ3) is 4.14. The van der Waals surface area contributed by atoms with Crippen molar-refractivity contribution >= 4 is 21.6 Å². The van der Waals surface area contributed by atoms with Gasteiger partial charge >= 0.3 is 0 Å². The number of carbonyl (C=O) groups excluding carboxylic acids is 1. The lowest BCUT2D eigenvalue weighted by atomic mass is 10.0. The predicted molar refractivity (Wildman–Crippen MR) is 103 cm³/mol. The van der Waals surface area contributed by atoms with Gasteiger partial charge in [-0.15, -0.1) is 0 Å². The van der Waals surface area contributed by atoms with Gasteiger partial charge in [0.25, 0.3) is 5.91 Å². The van der Waals surface area contributed by atoms with E-state index >= 15 is 0 Å². The quantitative estimate of drug-likeness (QED) is 0.890. The van der Waals surface area contributed by atoms with Gasteiger partial charge in [-0.25, -0.2) is 8.42 Å². The van der Waals surface area contributed by atoms with Gasteiger partial charge in [-0.05, 0) is 62.1 Å². The summed E-state index contributed by atoms with van der Waals surface area (Å²) in [4.78, 5) is 12.5. The van der Waals surface area contributed by atoms with Crippen LogP contribution in [0.25, 0.3) is 0 Å². The zero-order valence-corrected chi connectivity index (χ0v) is 15.9. The number of benzene rings is 2. The van der Waals surface area contributed by atoms with E-state index in [9.17, 15) is 13.2 Å². The summed E-state index contributed by atoms with van der Waals surface area (Å²) in [6, 6.07) is 13.7. The average Bonchev–Trinajstić information content (AvgIpc) is 2.63. The number of piperidine rings is 1. The summed E-state index contributed by atoms with van der Waals surface area (Å²) in [5.41, 5.74) is 2.22. The molecular weight excluding hydrogens is 348 g/mol. The Morgan fingerprint density at radius 3 is 2.15 bits per heavy atom. The fourth-order valence-electron chi connectivity index (χ4n) is 2.99. The van der Waals surface area contributed by atoms with Crippen molar-refractivity contribution in [2.24, 2.45) is 5.92 Å². The minimum atomic E-state index is -3.47. The summed E-state index contributed by atoms with van der Waals surface area (Å²) in [6.07, 6.45) is 1.79. The van der Waals surface area contributed by atoms with Crippen LogP contribution < -0.4 is 5.32 Å². The van der Waals surface area contributed by atoms with Crippen LogP contribution >= 0.6 is 0 Å². The molecule has 1 heterocycles. The van der Waals surface area contributed by atoms with Crippen LogP contribution in [0.5, 0.6) is 0 Å². The van der Waals surface area contributed by atoms with Gasteiger partial charge in [-0.2, -0.15) is 4.31 Å². The predicted octanol–water partition coefficient (Wildman–Crippen LogP) is 3.67. The first-order valence-corrected chi connectivity index (χ1v) is 10.3. The SMILES string of the molecule is Cc1ccc(C(=O)Nc2ccc(S(=O)(=O)N3CCC(C)CC3)cc2)cc1. The van der Waals surface area contributed by atoms with Crippen molar-refractivity contribution in [2.75, 3.05) is 18.4 Å². The second kappa shape index (κ2) is 7.60. The first-order chi connectivity index (χ1) is 12.4. The Morgan fingerprint density at radius 1 is 1.00 bits per heavy atom. The second-order valence-electron chi connectivity index (χ2n) is 6.93. The zero-order valence-electron chi connectivity index (χ0n) is 15.1. The Bertz CT molecular complexity index is 866. The zero-order chi connectivity index (χ0) is 18.7. The molecule has 0 aliphatic carbocycles. The lowest BCUT2D eigenvalue weighted by molar-refractivity contribution is 0.102. The fourth-order valence-corrected chi connectivity index (χ4v) is 4.46. The summed E-state index contributed by atoms with van der Waals surface area (Å²) in [7, 11) is -3.47. The molecule has 1 fully saturated rings. The van der Waals surface area contributed by atoms with Crippen molar-refractivity contribution in [3.05, 3.63) is 59.7 Å². The Morgan fingerprint density at radius 2 is 1.58 bits per heavy atom. The van der Waals surface area contributed by atoms with E-state index in [4.69, 9.17) is 0 Å². The Balaban J connectivity index is 1.70. The van der Waals surface area contributed by atoms with E-state index in [0.29, 0.717) is 30.3 Å². The van der Waals surface area contributed by atoms with Crippen molar-refractivity contribution in [1.29, 1.82) is 0 Å². The monoisotopic (exact) mass is 372 g/mol. The van der Waals surface area contributed by atoms with Crippen LogP contribution in [0.1, 0.15) is 35.7 Å². The third-order valence-corrected chi connectivity index (χ3v) is 6.72. The molecule has 1 aliphatic heterocycles. The minimum absolute atomic E-state index is 0.217. The number of sulfonamides is 1. The van der Waals surface area contributed by atoms with Crippen molar-refractivity contribution < 1.29 is 13.2 Å². The number of anilines is 1. The maximum atomic E-state index is 12.7. The van der Waals surface area contributed by atoms with Crippen LogP contribution in [0.3, 0.4) is 0 Å². The molecule has 1 saturated heterocycles. The molecule has 1 amide bonds. The molecule has 2 aromatic carbocycles.